The van der Waals surface area contributed by atoms with Crippen molar-refractivity contribution in [1.82, 2.24) is 14.5 Å². The van der Waals surface area contributed by atoms with Crippen molar-refractivity contribution >= 4 is 21.8 Å². The van der Waals surface area contributed by atoms with E-state index in [1.807, 2.05) is 6.92 Å². The van der Waals surface area contributed by atoms with Gasteiger partial charge in [0.1, 0.15) is 10.6 Å². The number of likely N-dealkylation sites (tertiary alicyclic amines) is 1. The highest BCUT2D eigenvalue weighted by atomic mass is 32.2. The van der Waals surface area contributed by atoms with Crippen molar-refractivity contribution in [2.75, 3.05) is 53.0 Å². The minimum atomic E-state index is -3.83. The fraction of sp³-hybridized carbons (Fsp3) is 0.619. The lowest BCUT2D eigenvalue weighted by Crippen LogP contribution is -2.45. The first-order chi connectivity index (χ1) is 14.9. The summed E-state index contributed by atoms with van der Waals surface area (Å²) in [5.41, 5.74) is 0.266. The summed E-state index contributed by atoms with van der Waals surface area (Å²) in [6.45, 7) is 4.63. The number of piperidine rings is 1. The highest BCUT2D eigenvalue weighted by Crippen LogP contribution is 2.29. The molecule has 0 aromatic heterocycles. The summed E-state index contributed by atoms with van der Waals surface area (Å²) in [6, 6.07) is 4.46. The predicted molar refractivity (Wildman–Crippen MR) is 115 cm³/mol. The zero-order valence-electron chi connectivity index (χ0n) is 18.1. The Hall–Kier alpha value is -2.17. The van der Waals surface area contributed by atoms with E-state index in [2.05, 4.69) is 5.32 Å². The third-order valence-corrected chi connectivity index (χ3v) is 7.55. The molecular weight excluding hydrogens is 422 g/mol. The lowest BCUT2D eigenvalue weighted by Gasteiger charge is -2.32. The number of methoxy groups -OCH3 is 1. The number of amides is 2. The second-order valence-electron chi connectivity index (χ2n) is 7.76. The number of nitrogens with one attached hydrogen (secondary N) is 1. The first-order valence-corrected chi connectivity index (χ1v) is 12.2. The number of hydrogen-bond donors (Lipinski definition) is 1. The predicted octanol–water partition coefficient (Wildman–Crippen LogP) is 1.09. The Labute approximate surface area is 183 Å². The van der Waals surface area contributed by atoms with Gasteiger partial charge < -0.3 is 19.7 Å². The normalized spacial score (nSPS) is 20.3. The van der Waals surface area contributed by atoms with Gasteiger partial charge in [-0.15, -0.1) is 0 Å². The van der Waals surface area contributed by atoms with Gasteiger partial charge in [0, 0.05) is 38.3 Å². The Bertz CT molecular complexity index is 898. The number of nitrogens with zero attached hydrogens (tertiary/aromatic N) is 2. The van der Waals surface area contributed by atoms with Gasteiger partial charge >= 0.3 is 0 Å². The Kier molecular flexibility index (Phi) is 7.90. The topological polar surface area (TPSA) is 105 Å². The van der Waals surface area contributed by atoms with Gasteiger partial charge in [-0.25, -0.2) is 8.42 Å². The van der Waals surface area contributed by atoms with Crippen LogP contribution in [0.4, 0.5) is 0 Å². The molecule has 1 unspecified atom stereocenters. The molecule has 0 spiro atoms. The molecule has 0 saturated carbocycles. The zero-order chi connectivity index (χ0) is 22.4. The van der Waals surface area contributed by atoms with E-state index in [0.717, 1.165) is 19.3 Å². The molecule has 3 rings (SSSR count). The number of carbonyl (C=O) groups excluding carboxylic acids is 2. The molecule has 0 aliphatic carbocycles. The van der Waals surface area contributed by atoms with Crippen LogP contribution in [0.15, 0.2) is 23.1 Å². The molecule has 10 heteroatoms. The fourth-order valence-corrected chi connectivity index (χ4v) is 5.48. The summed E-state index contributed by atoms with van der Waals surface area (Å²) in [5, 5.41) is 2.89. The van der Waals surface area contributed by atoms with Crippen LogP contribution < -0.4 is 10.1 Å². The van der Waals surface area contributed by atoms with Gasteiger partial charge in [0.05, 0.1) is 26.2 Å². The van der Waals surface area contributed by atoms with E-state index in [0.29, 0.717) is 32.8 Å². The van der Waals surface area contributed by atoms with Crippen LogP contribution in [0.1, 0.15) is 36.5 Å². The van der Waals surface area contributed by atoms with Crippen molar-refractivity contribution in [3.8, 4) is 5.75 Å². The highest BCUT2D eigenvalue weighted by molar-refractivity contribution is 7.89. The molecule has 2 saturated heterocycles. The van der Waals surface area contributed by atoms with Gasteiger partial charge in [0.2, 0.25) is 15.9 Å². The van der Waals surface area contributed by atoms with Gasteiger partial charge in [-0.05, 0) is 37.5 Å². The number of carbonyl (C=O) groups is 2. The minimum Gasteiger partial charge on any atom is -0.495 e. The van der Waals surface area contributed by atoms with E-state index in [9.17, 15) is 18.0 Å². The molecule has 9 nitrogen and oxygen atoms in total. The molecule has 2 heterocycles. The molecule has 2 amide bonds. The number of ether oxygens (including phenoxy) is 2. The Morgan fingerprint density at radius 1 is 1.23 bits per heavy atom. The molecule has 172 valence electrons. The first kappa shape index (κ1) is 23.5. The van der Waals surface area contributed by atoms with E-state index < -0.39 is 10.0 Å². The Balaban J connectivity index is 1.81. The van der Waals surface area contributed by atoms with E-state index in [-0.39, 0.29) is 47.0 Å². The fourth-order valence-electron chi connectivity index (χ4n) is 3.89. The number of hydrogen-bond acceptors (Lipinski definition) is 6. The molecule has 31 heavy (non-hydrogen) atoms. The Morgan fingerprint density at radius 2 is 1.97 bits per heavy atom. The number of rotatable bonds is 7. The quantitative estimate of drug-likeness (QED) is 0.663. The number of morpholine rings is 1. The maximum Gasteiger partial charge on any atom is 0.253 e. The van der Waals surface area contributed by atoms with Crippen LogP contribution in [0.25, 0.3) is 0 Å². The van der Waals surface area contributed by atoms with Crippen LogP contribution in [0.5, 0.6) is 5.75 Å². The molecule has 2 aliphatic heterocycles. The van der Waals surface area contributed by atoms with Crippen molar-refractivity contribution in [2.45, 2.75) is 31.1 Å². The number of sulfonamides is 1. The summed E-state index contributed by atoms with van der Waals surface area (Å²) in [4.78, 5) is 27.1. The zero-order valence-corrected chi connectivity index (χ0v) is 18.9. The van der Waals surface area contributed by atoms with Crippen LogP contribution >= 0.6 is 0 Å². The van der Waals surface area contributed by atoms with E-state index in [1.165, 1.54) is 23.5 Å². The SMILES string of the molecule is CCCNC(=O)C1CCCN(C(=O)c2ccc(OC)c(S(=O)(=O)N3CCOCC3)c2)C1. The van der Waals surface area contributed by atoms with Crippen molar-refractivity contribution in [3.05, 3.63) is 23.8 Å². The molecule has 2 aliphatic rings. The lowest BCUT2D eigenvalue weighted by atomic mass is 9.96. The van der Waals surface area contributed by atoms with Crippen LogP contribution in [-0.4, -0.2) is 82.5 Å². The van der Waals surface area contributed by atoms with Crippen molar-refractivity contribution < 1.29 is 27.5 Å². The Morgan fingerprint density at radius 3 is 2.65 bits per heavy atom. The van der Waals surface area contributed by atoms with E-state index in [4.69, 9.17) is 9.47 Å². The highest BCUT2D eigenvalue weighted by Gasteiger charge is 2.32. The molecule has 0 radical (unpaired) electrons. The van der Waals surface area contributed by atoms with Crippen LogP contribution in [-0.2, 0) is 19.6 Å². The lowest BCUT2D eigenvalue weighted by molar-refractivity contribution is -0.126. The summed E-state index contributed by atoms with van der Waals surface area (Å²) >= 11 is 0. The summed E-state index contributed by atoms with van der Waals surface area (Å²) < 4.78 is 38.2. The smallest absolute Gasteiger partial charge is 0.253 e. The average Bonchev–Trinajstić information content (AvgIpc) is 2.82. The largest absolute Gasteiger partial charge is 0.495 e. The van der Waals surface area contributed by atoms with Gasteiger partial charge in [-0.2, -0.15) is 4.31 Å². The van der Waals surface area contributed by atoms with Gasteiger partial charge in [-0.1, -0.05) is 6.92 Å². The molecule has 0 bridgehead atoms. The molecular formula is C21H31N3O6S. The molecule has 1 N–H and O–H groups in total. The average molecular weight is 454 g/mol. The van der Waals surface area contributed by atoms with Crippen molar-refractivity contribution in [1.29, 1.82) is 0 Å². The van der Waals surface area contributed by atoms with Gasteiger partial charge in [0.15, 0.2) is 0 Å². The monoisotopic (exact) mass is 453 g/mol. The van der Waals surface area contributed by atoms with Gasteiger partial charge in [-0.3, -0.25) is 9.59 Å². The summed E-state index contributed by atoms with van der Waals surface area (Å²) in [7, 11) is -2.43. The van der Waals surface area contributed by atoms with E-state index >= 15 is 0 Å². The van der Waals surface area contributed by atoms with E-state index in [1.54, 1.807) is 11.0 Å². The van der Waals surface area contributed by atoms with Gasteiger partial charge in [0.25, 0.3) is 5.91 Å². The van der Waals surface area contributed by atoms with Crippen LogP contribution in [0, 0.1) is 5.92 Å². The molecule has 1 atom stereocenters. The first-order valence-electron chi connectivity index (χ1n) is 10.7. The minimum absolute atomic E-state index is 0.0306. The summed E-state index contributed by atoms with van der Waals surface area (Å²) in [6.07, 6.45) is 2.32. The number of benzene rings is 1. The van der Waals surface area contributed by atoms with Crippen LogP contribution in [0.2, 0.25) is 0 Å². The van der Waals surface area contributed by atoms with Crippen LogP contribution in [0.3, 0.4) is 0 Å². The summed E-state index contributed by atoms with van der Waals surface area (Å²) in [5.74, 6) is -0.378. The molecule has 2 fully saturated rings. The maximum atomic E-state index is 13.2. The third kappa shape index (κ3) is 5.36. The molecule has 1 aromatic rings. The standard InChI is InChI=1S/C21H31N3O6S/c1-3-8-22-20(25)17-5-4-9-23(15-17)21(26)16-6-7-18(29-2)19(14-16)31(27,28)24-10-12-30-13-11-24/h6-7,14,17H,3-5,8-13,15H2,1-2H3,(H,22,25). The van der Waals surface area contributed by atoms with Crippen molar-refractivity contribution in [2.24, 2.45) is 5.92 Å². The second kappa shape index (κ2) is 10.4. The second-order valence-corrected chi connectivity index (χ2v) is 9.67. The van der Waals surface area contributed by atoms with Crippen molar-refractivity contribution in [3.63, 3.8) is 0 Å². The maximum absolute atomic E-state index is 13.2. The third-order valence-electron chi connectivity index (χ3n) is 5.63. The molecule has 1 aromatic carbocycles.